The van der Waals surface area contributed by atoms with Gasteiger partial charge in [-0.2, -0.15) is 0 Å². The van der Waals surface area contributed by atoms with Crippen LogP contribution in [0.2, 0.25) is 0 Å². The minimum Gasteiger partial charge on any atom is -1.00 e. The zero-order chi connectivity index (χ0) is 7.71. The van der Waals surface area contributed by atoms with E-state index in [1.807, 2.05) is 0 Å². The largest absolute Gasteiger partial charge is 1.00 e. The molecular formula is H5NaO7P2. The van der Waals surface area contributed by atoms with E-state index in [0.29, 0.717) is 0 Å². The molecule has 0 aliphatic carbocycles. The molecule has 10 heavy (non-hydrogen) atoms. The average molecular weight is 202 g/mol. The Labute approximate surface area is 82.6 Å². The molecule has 0 aromatic rings. The summed E-state index contributed by atoms with van der Waals surface area (Å²) >= 11 is 0. The molecule has 0 amide bonds. The first kappa shape index (κ1) is 13.8. The summed E-state index contributed by atoms with van der Waals surface area (Å²) in [5.41, 5.74) is 0. The fourth-order valence-corrected chi connectivity index (χ4v) is 1.17. The van der Waals surface area contributed by atoms with Crippen LogP contribution in [0.3, 0.4) is 0 Å². The first-order chi connectivity index (χ1) is 3.71. The Balaban J connectivity index is -0.0000000533. The van der Waals surface area contributed by atoms with E-state index in [9.17, 15) is 18.9 Å². The molecule has 2 N–H and O–H groups in total. The minimum atomic E-state index is -5.55. The first-order valence-electron chi connectivity index (χ1n) is 1.50. The summed E-state index contributed by atoms with van der Waals surface area (Å²) in [6.07, 6.45) is 0. The van der Waals surface area contributed by atoms with Crippen LogP contribution in [-0.2, 0) is 13.4 Å². The molecule has 0 aromatic carbocycles. The molecule has 0 aliphatic heterocycles. The molecule has 0 saturated carbocycles. The van der Waals surface area contributed by atoms with Crippen molar-refractivity contribution in [2.24, 2.45) is 0 Å². The van der Waals surface area contributed by atoms with Gasteiger partial charge in [0.25, 0.3) is 0 Å². The molecule has 7 nitrogen and oxygen atoms in total. The third kappa shape index (κ3) is 12.0. The Kier molecular flexibility index (Phi) is 5.98. The Morgan fingerprint density at radius 2 is 1.70 bits per heavy atom. The first-order valence-corrected chi connectivity index (χ1v) is 4.49. The van der Waals surface area contributed by atoms with E-state index < -0.39 is 15.6 Å². The van der Waals surface area contributed by atoms with E-state index in [-0.39, 0.29) is 33.8 Å². The van der Waals surface area contributed by atoms with Crippen molar-refractivity contribution in [3.8, 4) is 0 Å². The maximum atomic E-state index is 9.55. The third-order valence-electron chi connectivity index (χ3n) is 0.206. The van der Waals surface area contributed by atoms with Gasteiger partial charge in [-0.3, -0.25) is 4.31 Å². The summed E-state index contributed by atoms with van der Waals surface area (Å²) in [6.45, 7) is 0. The molecule has 0 spiro atoms. The molecule has 0 aliphatic rings. The van der Waals surface area contributed by atoms with Gasteiger partial charge in [0.1, 0.15) is 0 Å². The topological polar surface area (TPSA) is 130 Å². The van der Waals surface area contributed by atoms with Crippen LogP contribution in [-0.4, -0.2) is 9.79 Å². The molecule has 0 fully saturated rings. The van der Waals surface area contributed by atoms with Gasteiger partial charge in [0, 0.05) is 0 Å². The molecular weight excluding hydrogens is 197 g/mol. The smallest absolute Gasteiger partial charge is 1.00 e. The Morgan fingerprint density at radius 3 is 1.70 bits per heavy atom. The monoisotopic (exact) mass is 202 g/mol. The quantitative estimate of drug-likeness (QED) is 0.339. The number of phosphoric acid groups is 2. The molecule has 0 radical (unpaired) electrons. The molecule has 0 atom stereocenters. The van der Waals surface area contributed by atoms with Gasteiger partial charge in [-0.15, -0.1) is 0 Å². The minimum absolute atomic E-state index is 0. The van der Waals surface area contributed by atoms with Gasteiger partial charge in [-0.05, 0) is 0 Å². The zero-order valence-electron chi connectivity index (χ0n) is 7.83. The molecule has 0 saturated heterocycles. The molecule has 58 valence electrons. The maximum Gasteiger partial charge on any atom is 1.00 e. The Morgan fingerprint density at radius 1 is 1.40 bits per heavy atom. The van der Waals surface area contributed by atoms with Crippen LogP contribution in [0.4, 0.5) is 0 Å². The molecule has 10 heteroatoms. The predicted octanol–water partition coefficient (Wildman–Crippen LogP) is -4.73. The van der Waals surface area contributed by atoms with Crippen molar-refractivity contribution >= 4 is 15.6 Å². The summed E-state index contributed by atoms with van der Waals surface area (Å²) in [6, 6.07) is 0. The fraction of sp³-hybridized carbons (Fsp3) is 0. The van der Waals surface area contributed by atoms with Crippen LogP contribution >= 0.6 is 15.6 Å². The standard InChI is InChI=1S/Na.H4O7P2.H/c;1-8(2,3)7-9(4,5)6;/h;(H2,1,2,3)(H2,4,5,6);/q+1;;-1. The predicted molar refractivity (Wildman–Crippen MR) is 24.1 cm³/mol. The van der Waals surface area contributed by atoms with Crippen LogP contribution in [0.25, 0.3) is 0 Å². The van der Waals surface area contributed by atoms with Gasteiger partial charge < -0.3 is 25.6 Å². The van der Waals surface area contributed by atoms with E-state index >= 15 is 0 Å². The van der Waals surface area contributed by atoms with E-state index in [1.54, 1.807) is 0 Å². The van der Waals surface area contributed by atoms with Crippen molar-refractivity contribution in [3.63, 3.8) is 0 Å². The molecule has 0 rings (SSSR count). The zero-order valence-corrected chi connectivity index (χ0v) is 8.62. The second-order valence-corrected chi connectivity index (χ2v) is 3.55. The Hall–Kier alpha value is 1.26. The third-order valence-corrected chi connectivity index (χ3v) is 1.86. The van der Waals surface area contributed by atoms with Crippen molar-refractivity contribution in [1.29, 1.82) is 0 Å². The van der Waals surface area contributed by atoms with Gasteiger partial charge in [0.05, 0.1) is 7.82 Å². The average Bonchev–Trinajstić information content (AvgIpc) is 1.14. The molecule has 0 heterocycles. The van der Waals surface area contributed by atoms with E-state index in [2.05, 4.69) is 4.31 Å². The second-order valence-electron chi connectivity index (χ2n) is 1.02. The summed E-state index contributed by atoms with van der Waals surface area (Å²) in [5.74, 6) is 0. The van der Waals surface area contributed by atoms with E-state index in [1.165, 1.54) is 0 Å². The molecule has 0 aromatic heterocycles. The van der Waals surface area contributed by atoms with Crippen LogP contribution in [0.1, 0.15) is 4.28 Å². The van der Waals surface area contributed by atoms with Crippen molar-refractivity contribution in [3.05, 3.63) is 0 Å². The van der Waals surface area contributed by atoms with Crippen LogP contribution in [0.5, 0.6) is 0 Å². The van der Waals surface area contributed by atoms with Crippen molar-refractivity contribution in [2.45, 2.75) is 0 Å². The van der Waals surface area contributed by atoms with Crippen molar-refractivity contribution in [2.75, 3.05) is 0 Å². The summed E-state index contributed by atoms with van der Waals surface area (Å²) < 4.78 is 21.7. The van der Waals surface area contributed by atoms with Crippen LogP contribution in [0, 0.1) is 0 Å². The maximum absolute atomic E-state index is 9.55. The normalized spacial score (nSPS) is 12.4. The molecule has 0 bridgehead atoms. The van der Waals surface area contributed by atoms with Gasteiger partial charge >= 0.3 is 40.2 Å². The van der Waals surface area contributed by atoms with E-state index in [4.69, 9.17) is 9.79 Å². The van der Waals surface area contributed by atoms with Crippen molar-refractivity contribution < 1.29 is 66.9 Å². The van der Waals surface area contributed by atoms with Gasteiger partial charge in [0.15, 0.2) is 0 Å². The van der Waals surface area contributed by atoms with Crippen LogP contribution < -0.4 is 39.3 Å². The second kappa shape index (κ2) is 4.33. The van der Waals surface area contributed by atoms with Crippen LogP contribution in [0.15, 0.2) is 0 Å². The Bertz CT molecular complexity index is 162. The molecule has 0 unspecified atom stereocenters. The fourth-order valence-electron chi connectivity index (χ4n) is 0.130. The van der Waals surface area contributed by atoms with Gasteiger partial charge in [-0.1, -0.05) is 0 Å². The number of hydrogen-bond acceptors (Lipinski definition) is 5. The SMILES string of the molecule is O=P([O-])([O-])OP(=O)(O)O.[H+].[H+].[H-].[Na+]. The number of rotatable bonds is 2. The van der Waals surface area contributed by atoms with Gasteiger partial charge in [0.2, 0.25) is 0 Å². The van der Waals surface area contributed by atoms with E-state index in [0.717, 1.165) is 0 Å². The summed E-state index contributed by atoms with van der Waals surface area (Å²) in [5, 5.41) is 0. The van der Waals surface area contributed by atoms with Gasteiger partial charge in [-0.25, -0.2) is 4.57 Å². The number of hydrogen-bond donors (Lipinski definition) is 2. The van der Waals surface area contributed by atoms with Crippen molar-refractivity contribution in [1.82, 2.24) is 0 Å². The summed E-state index contributed by atoms with van der Waals surface area (Å²) in [4.78, 5) is 34.1. The summed E-state index contributed by atoms with van der Waals surface area (Å²) in [7, 11) is -10.7.